The van der Waals surface area contributed by atoms with Gasteiger partial charge in [0, 0.05) is 17.4 Å². The number of hydrogen-bond donors (Lipinski definition) is 2. The van der Waals surface area contributed by atoms with E-state index in [1.54, 1.807) is 0 Å². The first-order valence-corrected chi connectivity index (χ1v) is 9.82. The van der Waals surface area contributed by atoms with Crippen molar-refractivity contribution >= 4 is 40.2 Å². The summed E-state index contributed by atoms with van der Waals surface area (Å²) in [7, 11) is 1.29. The Balaban J connectivity index is 1.63. The molecule has 0 radical (unpaired) electrons. The fourth-order valence-corrected chi connectivity index (χ4v) is 3.03. The van der Waals surface area contributed by atoms with Gasteiger partial charge in [-0.25, -0.2) is 23.4 Å². The number of ether oxygens (including phenoxy) is 1. The largest absolute Gasteiger partial charge is 0.494 e. The van der Waals surface area contributed by atoms with Gasteiger partial charge in [-0.1, -0.05) is 4.73 Å². The van der Waals surface area contributed by atoms with Crippen LogP contribution in [0.15, 0.2) is 45.7 Å². The third-order valence-corrected chi connectivity index (χ3v) is 4.65. The highest BCUT2D eigenvalue weighted by atomic mass is 19.4. The third-order valence-electron chi connectivity index (χ3n) is 4.65. The maximum Gasteiger partial charge on any atom is 0.493 e. The predicted octanol–water partition coefficient (Wildman–Crippen LogP) is 3.98. The van der Waals surface area contributed by atoms with E-state index in [0.717, 1.165) is 12.3 Å². The van der Waals surface area contributed by atoms with E-state index in [1.165, 1.54) is 38.3 Å². The molecule has 36 heavy (non-hydrogen) atoms. The zero-order valence-corrected chi connectivity index (χ0v) is 18.2. The van der Waals surface area contributed by atoms with Crippen molar-refractivity contribution in [3.8, 4) is 5.75 Å². The number of nitrogens with zero attached hydrogens (tertiary/aromatic N) is 3. The average molecular weight is 511 g/mol. The lowest BCUT2D eigenvalue weighted by molar-refractivity contribution is -0.200. The topological polar surface area (TPSA) is 121 Å². The van der Waals surface area contributed by atoms with Gasteiger partial charge >= 0.3 is 17.9 Å². The first-order chi connectivity index (χ1) is 17.0. The van der Waals surface area contributed by atoms with Crippen LogP contribution in [0, 0.1) is 18.6 Å². The van der Waals surface area contributed by atoms with Gasteiger partial charge < -0.3 is 24.6 Å². The van der Waals surface area contributed by atoms with Crippen molar-refractivity contribution in [2.24, 2.45) is 0 Å². The van der Waals surface area contributed by atoms with E-state index in [4.69, 9.17) is 9.15 Å². The average Bonchev–Trinajstić information content (AvgIpc) is 3.12. The molecular weight excluding hydrogens is 497 g/mol. The van der Waals surface area contributed by atoms with Crippen molar-refractivity contribution in [1.29, 1.82) is 0 Å². The second-order valence-corrected chi connectivity index (χ2v) is 7.17. The van der Waals surface area contributed by atoms with Gasteiger partial charge in [0.15, 0.2) is 28.8 Å². The summed E-state index contributed by atoms with van der Waals surface area (Å²) in [5.74, 6) is -5.97. The minimum Gasteiger partial charge on any atom is -0.494 e. The van der Waals surface area contributed by atoms with Crippen molar-refractivity contribution in [3.63, 3.8) is 0 Å². The molecule has 2 heterocycles. The smallest absolute Gasteiger partial charge is 0.493 e. The molecule has 10 nitrogen and oxygen atoms in total. The Kier molecular flexibility index (Phi) is 6.22. The lowest BCUT2D eigenvalue weighted by Gasteiger charge is -2.12. The Labute approximate surface area is 197 Å². The molecule has 4 rings (SSSR count). The van der Waals surface area contributed by atoms with Gasteiger partial charge in [-0.05, 0) is 36.8 Å². The third kappa shape index (κ3) is 4.89. The zero-order chi connectivity index (χ0) is 26.2. The quantitative estimate of drug-likeness (QED) is 0.370. The van der Waals surface area contributed by atoms with E-state index in [9.17, 15) is 31.5 Å². The fourth-order valence-electron chi connectivity index (χ4n) is 3.03. The van der Waals surface area contributed by atoms with Crippen LogP contribution in [0.3, 0.4) is 0 Å². The van der Waals surface area contributed by atoms with Crippen LogP contribution in [0.25, 0.3) is 11.1 Å². The van der Waals surface area contributed by atoms with Crippen LogP contribution in [0.2, 0.25) is 0 Å². The number of aryl methyl sites for hydroxylation is 1. The molecular formula is C21H14F5N5O5. The van der Waals surface area contributed by atoms with E-state index in [-0.39, 0.29) is 44.6 Å². The second-order valence-electron chi connectivity index (χ2n) is 7.17. The summed E-state index contributed by atoms with van der Waals surface area (Å²) in [4.78, 5) is 34.9. The maximum absolute atomic E-state index is 14.4. The minimum absolute atomic E-state index is 0.0178. The predicted molar refractivity (Wildman–Crippen MR) is 114 cm³/mol. The van der Waals surface area contributed by atoms with Crippen molar-refractivity contribution in [2.45, 2.75) is 13.1 Å². The second kappa shape index (κ2) is 9.16. The first kappa shape index (κ1) is 24.4. The molecule has 0 saturated carbocycles. The molecule has 0 aliphatic carbocycles. The van der Waals surface area contributed by atoms with Gasteiger partial charge in [-0.15, -0.1) is 0 Å². The minimum atomic E-state index is -5.36. The number of carbonyl (C=O) groups is 1. The van der Waals surface area contributed by atoms with Crippen LogP contribution in [0.1, 0.15) is 5.56 Å². The first-order valence-electron chi connectivity index (χ1n) is 9.82. The summed E-state index contributed by atoms with van der Waals surface area (Å²) in [6.07, 6.45) is -4.53. The van der Waals surface area contributed by atoms with Crippen LogP contribution in [0.5, 0.6) is 5.75 Å². The van der Waals surface area contributed by atoms with Crippen LogP contribution in [-0.4, -0.2) is 34.0 Å². The normalized spacial score (nSPS) is 11.4. The number of methoxy groups -OCH3 is 1. The van der Waals surface area contributed by atoms with E-state index in [1.807, 2.05) is 0 Å². The number of anilines is 4. The molecule has 0 amide bonds. The summed E-state index contributed by atoms with van der Waals surface area (Å²) in [5.41, 5.74) is 0.112. The number of hydrogen-bond acceptors (Lipinski definition) is 9. The van der Waals surface area contributed by atoms with Crippen molar-refractivity contribution < 1.29 is 40.7 Å². The highest BCUT2D eigenvalue weighted by Crippen LogP contribution is 2.28. The SMILES string of the molecule is COc1cc(Nc2ncc(F)c(Nc3ccc4oc(=O)n(OC(=O)C(F)(F)F)c4c3)n2)cc(C)c1F. The number of carbonyl (C=O) groups excluding carboxylic acids is 1. The number of halogens is 5. The monoisotopic (exact) mass is 511 g/mol. The number of rotatable bonds is 6. The van der Waals surface area contributed by atoms with E-state index in [2.05, 4.69) is 25.4 Å². The molecule has 4 aromatic rings. The van der Waals surface area contributed by atoms with Gasteiger partial charge in [-0.3, -0.25) is 0 Å². The lowest BCUT2D eigenvalue weighted by atomic mass is 10.2. The van der Waals surface area contributed by atoms with Gasteiger partial charge in [0.25, 0.3) is 0 Å². The molecule has 2 N–H and O–H groups in total. The summed E-state index contributed by atoms with van der Waals surface area (Å²) in [6, 6.07) is 6.36. The zero-order valence-electron chi connectivity index (χ0n) is 18.2. The molecule has 2 aromatic heterocycles. The van der Waals surface area contributed by atoms with Crippen molar-refractivity contribution in [2.75, 3.05) is 17.7 Å². The Hall–Kier alpha value is -4.69. The van der Waals surface area contributed by atoms with Gasteiger partial charge in [-0.2, -0.15) is 18.2 Å². The molecule has 0 aliphatic rings. The number of nitrogens with one attached hydrogen (secondary N) is 2. The van der Waals surface area contributed by atoms with Crippen molar-refractivity contribution in [3.05, 3.63) is 64.3 Å². The van der Waals surface area contributed by atoms with E-state index >= 15 is 0 Å². The summed E-state index contributed by atoms with van der Waals surface area (Å²) < 4.78 is 75.7. The number of aromatic nitrogens is 3. The molecule has 0 saturated heterocycles. The maximum atomic E-state index is 14.4. The fraction of sp³-hybridized carbons (Fsp3) is 0.143. The Morgan fingerprint density at radius 3 is 2.56 bits per heavy atom. The van der Waals surface area contributed by atoms with Gasteiger partial charge in [0.05, 0.1) is 13.3 Å². The molecule has 0 bridgehead atoms. The number of fused-ring (bicyclic) bond motifs is 1. The Bertz CT molecular complexity index is 1530. The van der Waals surface area contributed by atoms with Crippen LogP contribution in [0.4, 0.5) is 45.1 Å². The number of alkyl halides is 3. The Morgan fingerprint density at radius 2 is 1.86 bits per heavy atom. The van der Waals surface area contributed by atoms with Crippen LogP contribution in [-0.2, 0) is 4.79 Å². The molecule has 0 spiro atoms. The van der Waals surface area contributed by atoms with E-state index < -0.39 is 29.5 Å². The van der Waals surface area contributed by atoms with E-state index in [0.29, 0.717) is 5.69 Å². The lowest BCUT2D eigenvalue weighted by Crippen LogP contribution is -2.36. The van der Waals surface area contributed by atoms with Crippen molar-refractivity contribution in [1.82, 2.24) is 14.7 Å². The summed E-state index contributed by atoms with van der Waals surface area (Å²) in [6.45, 7) is 1.51. The molecule has 2 aromatic carbocycles. The standard InChI is InChI=1S/C21H14F5N5O5/c1-9-5-11(7-15(34-2)16(9)23)29-19-27-8-12(22)17(30-19)28-10-3-4-14-13(6-10)31(20(33)35-14)36-18(32)21(24,25)26/h3-8H,1-2H3,(H2,27,28,29,30). The molecule has 0 atom stereocenters. The van der Waals surface area contributed by atoms with Crippen LogP contribution >= 0.6 is 0 Å². The summed E-state index contributed by atoms with van der Waals surface area (Å²) >= 11 is 0. The summed E-state index contributed by atoms with van der Waals surface area (Å²) in [5, 5.41) is 5.36. The van der Waals surface area contributed by atoms with Crippen LogP contribution < -0.4 is 26.0 Å². The molecule has 0 fully saturated rings. The molecule has 15 heteroatoms. The highest BCUT2D eigenvalue weighted by Gasteiger charge is 2.42. The van der Waals surface area contributed by atoms with Gasteiger partial charge in [0.2, 0.25) is 5.95 Å². The highest BCUT2D eigenvalue weighted by molar-refractivity contribution is 5.81. The number of benzene rings is 2. The van der Waals surface area contributed by atoms with Gasteiger partial charge in [0.1, 0.15) is 5.52 Å². The Morgan fingerprint density at radius 1 is 1.11 bits per heavy atom. The number of oxazole rings is 1. The molecule has 188 valence electrons. The molecule has 0 aliphatic heterocycles. The molecule has 0 unspecified atom stereocenters.